The Kier molecular flexibility index (Phi) is 2.63. The predicted octanol–water partition coefficient (Wildman–Crippen LogP) is 0.683. The SMILES string of the molecule is CNC(C1CC1)C1CN(C(=O)OC)C1. The second-order valence-corrected chi connectivity index (χ2v) is 4.29. The predicted molar refractivity (Wildman–Crippen MR) is 53.0 cm³/mol. The van der Waals surface area contributed by atoms with Crippen LogP contribution in [-0.4, -0.2) is 44.3 Å². The lowest BCUT2D eigenvalue weighted by Gasteiger charge is -2.42. The fourth-order valence-corrected chi connectivity index (χ4v) is 2.33. The molecule has 14 heavy (non-hydrogen) atoms. The normalized spacial score (nSPS) is 24.3. The summed E-state index contributed by atoms with van der Waals surface area (Å²) in [4.78, 5) is 12.9. The monoisotopic (exact) mass is 198 g/mol. The van der Waals surface area contributed by atoms with E-state index < -0.39 is 0 Å². The quantitative estimate of drug-likeness (QED) is 0.725. The summed E-state index contributed by atoms with van der Waals surface area (Å²) in [7, 11) is 3.45. The van der Waals surface area contributed by atoms with E-state index in [4.69, 9.17) is 0 Å². The molecule has 0 aromatic carbocycles. The lowest BCUT2D eigenvalue weighted by molar-refractivity contribution is 0.0505. The molecule has 2 aliphatic rings. The third kappa shape index (κ3) is 1.71. The molecule has 1 unspecified atom stereocenters. The standard InChI is InChI=1S/C10H18N2O2/c1-11-9(7-3-4-7)8-5-12(6-8)10(13)14-2/h7-9,11H,3-6H2,1-2H3. The molecule has 1 aliphatic carbocycles. The van der Waals surface area contributed by atoms with Crippen molar-refractivity contribution in [1.29, 1.82) is 0 Å². The van der Waals surface area contributed by atoms with E-state index in [0.717, 1.165) is 19.0 Å². The highest BCUT2D eigenvalue weighted by Gasteiger charge is 2.42. The topological polar surface area (TPSA) is 41.6 Å². The van der Waals surface area contributed by atoms with Crippen LogP contribution in [0.4, 0.5) is 4.79 Å². The van der Waals surface area contributed by atoms with Crippen LogP contribution < -0.4 is 5.32 Å². The van der Waals surface area contributed by atoms with Crippen molar-refractivity contribution < 1.29 is 9.53 Å². The zero-order valence-corrected chi connectivity index (χ0v) is 8.82. The van der Waals surface area contributed by atoms with E-state index in [9.17, 15) is 4.79 Å². The van der Waals surface area contributed by atoms with E-state index in [-0.39, 0.29) is 6.09 Å². The smallest absolute Gasteiger partial charge is 0.409 e. The van der Waals surface area contributed by atoms with Crippen LogP contribution in [0.15, 0.2) is 0 Å². The maximum absolute atomic E-state index is 11.1. The number of amides is 1. The maximum atomic E-state index is 11.1. The number of nitrogens with zero attached hydrogens (tertiary/aromatic N) is 1. The minimum Gasteiger partial charge on any atom is -0.453 e. The first-order valence-electron chi connectivity index (χ1n) is 5.26. The Morgan fingerprint density at radius 1 is 1.43 bits per heavy atom. The van der Waals surface area contributed by atoms with Crippen molar-refractivity contribution in [2.75, 3.05) is 27.2 Å². The number of hydrogen-bond acceptors (Lipinski definition) is 3. The third-order valence-corrected chi connectivity index (χ3v) is 3.31. The Labute approximate surface area is 84.6 Å². The Morgan fingerprint density at radius 2 is 2.07 bits per heavy atom. The Morgan fingerprint density at radius 3 is 2.50 bits per heavy atom. The maximum Gasteiger partial charge on any atom is 0.409 e. The summed E-state index contributed by atoms with van der Waals surface area (Å²) in [6.07, 6.45) is 2.51. The number of hydrogen-bond donors (Lipinski definition) is 1. The van der Waals surface area contributed by atoms with Crippen LogP contribution in [0.3, 0.4) is 0 Å². The summed E-state index contributed by atoms with van der Waals surface area (Å²) in [6.45, 7) is 1.71. The molecule has 1 amide bonds. The van der Waals surface area contributed by atoms with E-state index in [2.05, 4.69) is 10.1 Å². The molecule has 4 heteroatoms. The van der Waals surface area contributed by atoms with Gasteiger partial charge in [-0.3, -0.25) is 0 Å². The van der Waals surface area contributed by atoms with Crippen LogP contribution in [0.2, 0.25) is 0 Å². The van der Waals surface area contributed by atoms with Gasteiger partial charge in [-0.05, 0) is 25.8 Å². The molecule has 1 atom stereocenters. The highest BCUT2D eigenvalue weighted by Crippen LogP contribution is 2.38. The van der Waals surface area contributed by atoms with E-state index >= 15 is 0 Å². The molecule has 1 N–H and O–H groups in total. The summed E-state index contributed by atoms with van der Waals surface area (Å²) in [5.41, 5.74) is 0. The van der Waals surface area contributed by atoms with Crippen LogP contribution in [0.25, 0.3) is 0 Å². The van der Waals surface area contributed by atoms with Gasteiger partial charge in [-0.15, -0.1) is 0 Å². The number of carbonyl (C=O) groups excluding carboxylic acids is 1. The zero-order valence-electron chi connectivity index (χ0n) is 8.82. The first-order chi connectivity index (χ1) is 6.76. The Bertz CT molecular complexity index is 222. The molecular formula is C10H18N2O2. The molecule has 4 nitrogen and oxygen atoms in total. The molecule has 0 radical (unpaired) electrons. The number of methoxy groups -OCH3 is 1. The van der Waals surface area contributed by atoms with Crippen molar-refractivity contribution in [3.63, 3.8) is 0 Å². The molecule has 1 heterocycles. The van der Waals surface area contributed by atoms with Crippen molar-refractivity contribution in [1.82, 2.24) is 10.2 Å². The van der Waals surface area contributed by atoms with Crippen molar-refractivity contribution >= 4 is 6.09 Å². The van der Waals surface area contributed by atoms with Gasteiger partial charge >= 0.3 is 6.09 Å². The molecule has 2 fully saturated rings. The van der Waals surface area contributed by atoms with Gasteiger partial charge in [0.25, 0.3) is 0 Å². The highest BCUT2D eigenvalue weighted by molar-refractivity contribution is 5.68. The van der Waals surface area contributed by atoms with E-state index in [0.29, 0.717) is 12.0 Å². The summed E-state index contributed by atoms with van der Waals surface area (Å²) < 4.78 is 4.66. The first-order valence-corrected chi connectivity index (χ1v) is 5.26. The molecular weight excluding hydrogens is 180 g/mol. The van der Waals surface area contributed by atoms with Gasteiger partial charge in [0, 0.05) is 25.0 Å². The second kappa shape index (κ2) is 3.77. The van der Waals surface area contributed by atoms with Gasteiger partial charge < -0.3 is 15.0 Å². The number of carbonyl (C=O) groups is 1. The zero-order chi connectivity index (χ0) is 10.1. The molecule has 0 aromatic heterocycles. The molecule has 80 valence electrons. The van der Waals surface area contributed by atoms with E-state index in [1.807, 2.05) is 7.05 Å². The molecule has 0 bridgehead atoms. The van der Waals surface area contributed by atoms with Gasteiger partial charge in [0.15, 0.2) is 0 Å². The van der Waals surface area contributed by atoms with Gasteiger partial charge in [0.2, 0.25) is 0 Å². The average molecular weight is 198 g/mol. The van der Waals surface area contributed by atoms with E-state index in [1.165, 1.54) is 20.0 Å². The van der Waals surface area contributed by atoms with E-state index in [1.54, 1.807) is 4.90 Å². The van der Waals surface area contributed by atoms with Gasteiger partial charge in [0.05, 0.1) is 7.11 Å². The van der Waals surface area contributed by atoms with Crippen LogP contribution >= 0.6 is 0 Å². The molecule has 1 saturated heterocycles. The van der Waals surface area contributed by atoms with Crippen LogP contribution in [0.1, 0.15) is 12.8 Å². The van der Waals surface area contributed by atoms with Crippen LogP contribution in [0, 0.1) is 11.8 Å². The largest absolute Gasteiger partial charge is 0.453 e. The van der Waals surface area contributed by atoms with Crippen molar-refractivity contribution in [3.05, 3.63) is 0 Å². The molecule has 2 rings (SSSR count). The summed E-state index contributed by atoms with van der Waals surface area (Å²) in [6, 6.07) is 0.607. The van der Waals surface area contributed by atoms with Crippen molar-refractivity contribution in [3.8, 4) is 0 Å². The van der Waals surface area contributed by atoms with Crippen LogP contribution in [0.5, 0.6) is 0 Å². The summed E-state index contributed by atoms with van der Waals surface area (Å²) in [5.74, 6) is 1.48. The number of likely N-dealkylation sites (tertiary alicyclic amines) is 1. The van der Waals surface area contributed by atoms with Gasteiger partial charge in [-0.1, -0.05) is 0 Å². The number of rotatable bonds is 3. The molecule has 1 saturated carbocycles. The van der Waals surface area contributed by atoms with Crippen LogP contribution in [-0.2, 0) is 4.74 Å². The Hall–Kier alpha value is -0.770. The minimum atomic E-state index is -0.188. The van der Waals surface area contributed by atoms with Crippen molar-refractivity contribution in [2.24, 2.45) is 11.8 Å². The van der Waals surface area contributed by atoms with Gasteiger partial charge in [0.1, 0.15) is 0 Å². The molecule has 0 aromatic rings. The minimum absolute atomic E-state index is 0.188. The molecule has 0 spiro atoms. The fraction of sp³-hybridized carbons (Fsp3) is 0.900. The Balaban J connectivity index is 1.78. The van der Waals surface area contributed by atoms with Gasteiger partial charge in [-0.2, -0.15) is 0 Å². The number of nitrogens with one attached hydrogen (secondary N) is 1. The van der Waals surface area contributed by atoms with Crippen molar-refractivity contribution in [2.45, 2.75) is 18.9 Å². The summed E-state index contributed by atoms with van der Waals surface area (Å²) in [5, 5.41) is 3.36. The third-order valence-electron chi connectivity index (χ3n) is 3.31. The first kappa shape index (κ1) is 9.77. The lowest BCUT2D eigenvalue weighted by Crippen LogP contribution is -2.57. The second-order valence-electron chi connectivity index (χ2n) is 4.29. The fourth-order valence-electron chi connectivity index (χ4n) is 2.33. The van der Waals surface area contributed by atoms with Gasteiger partial charge in [-0.25, -0.2) is 4.79 Å². The summed E-state index contributed by atoms with van der Waals surface area (Å²) >= 11 is 0. The average Bonchev–Trinajstić information content (AvgIpc) is 2.92. The number of ether oxygens (including phenoxy) is 1. The molecule has 1 aliphatic heterocycles. The lowest BCUT2D eigenvalue weighted by atomic mass is 9.89. The highest BCUT2D eigenvalue weighted by atomic mass is 16.5.